The van der Waals surface area contributed by atoms with E-state index in [-0.39, 0.29) is 38.8 Å². The highest BCUT2D eigenvalue weighted by Crippen LogP contribution is 2.30. The van der Waals surface area contributed by atoms with Gasteiger partial charge in [0.15, 0.2) is 15.3 Å². The molecule has 0 bridgehead atoms. The highest BCUT2D eigenvalue weighted by atomic mass is 28.2. The third-order valence-electron chi connectivity index (χ3n) is 6.55. The molecule has 0 unspecified atom stereocenters. The Bertz CT molecular complexity index is 1700. The first kappa shape index (κ1) is 23.9. The molecule has 2 amide bonds. The van der Waals surface area contributed by atoms with Gasteiger partial charge in [0.25, 0.3) is 0 Å². The topological polar surface area (TPSA) is 101 Å². The highest BCUT2D eigenvalue weighted by Gasteiger charge is 2.30. The molecule has 1 fully saturated rings. The number of anilines is 1. The van der Waals surface area contributed by atoms with E-state index in [1.807, 2.05) is 43.3 Å². The van der Waals surface area contributed by atoms with Crippen molar-refractivity contribution in [1.29, 1.82) is 0 Å². The predicted octanol–water partition coefficient (Wildman–Crippen LogP) is 4.54. The SMILES string of the molecule is C[C@H]([Si]NC(=O)c1ccc2ncc(-c3ccn4nc(NC(=O)C5CC5)nc4c3)cc2c1)c1cccc(F)c1. The van der Waals surface area contributed by atoms with Gasteiger partial charge in [-0.1, -0.05) is 19.1 Å². The second-order valence-corrected chi connectivity index (χ2v) is 10.8. The summed E-state index contributed by atoms with van der Waals surface area (Å²) < 4.78 is 15.2. The van der Waals surface area contributed by atoms with Gasteiger partial charge in [-0.25, -0.2) is 8.91 Å². The van der Waals surface area contributed by atoms with Crippen LogP contribution in [0.4, 0.5) is 10.3 Å². The molecule has 0 saturated heterocycles. The molecule has 0 spiro atoms. The Kier molecular flexibility index (Phi) is 6.16. The van der Waals surface area contributed by atoms with Crippen molar-refractivity contribution < 1.29 is 14.0 Å². The first-order valence-corrected chi connectivity index (χ1v) is 13.4. The third kappa shape index (κ3) is 5.03. The molecule has 2 radical (unpaired) electrons. The molecule has 1 aliphatic carbocycles. The summed E-state index contributed by atoms with van der Waals surface area (Å²) >= 11 is 0. The predicted molar refractivity (Wildman–Crippen MR) is 143 cm³/mol. The van der Waals surface area contributed by atoms with Crippen LogP contribution < -0.4 is 10.3 Å². The number of amides is 2. The Labute approximate surface area is 220 Å². The molecule has 10 heteroatoms. The standard InChI is InChI=1S/C28H23FN6O2Si/c1-16(18-3-2-4-23(29)13-18)38-34-27(37)20-7-8-24-21(11-20)12-22(15-30-24)19-9-10-35-25(14-19)31-28(33-35)32-26(36)17-5-6-17/h2-4,7-17H,5-6H2,1H3,(H,34,37)(H,32,33,36)/t16-/m0/s1. The van der Waals surface area contributed by atoms with Gasteiger partial charge in [0.1, 0.15) is 5.82 Å². The number of nitrogens with zero attached hydrogens (tertiary/aromatic N) is 4. The van der Waals surface area contributed by atoms with Crippen LogP contribution in [0.2, 0.25) is 0 Å². The molecule has 188 valence electrons. The lowest BCUT2D eigenvalue weighted by Gasteiger charge is -2.12. The first-order chi connectivity index (χ1) is 18.4. The Hall–Kier alpha value is -4.44. The zero-order chi connectivity index (χ0) is 26.2. The quantitative estimate of drug-likeness (QED) is 0.306. The van der Waals surface area contributed by atoms with Crippen molar-refractivity contribution in [2.24, 2.45) is 5.92 Å². The normalized spacial score (nSPS) is 13.9. The van der Waals surface area contributed by atoms with Gasteiger partial charge in [-0.05, 0) is 78.0 Å². The van der Waals surface area contributed by atoms with Crippen molar-refractivity contribution >= 4 is 44.0 Å². The summed E-state index contributed by atoms with van der Waals surface area (Å²) in [6.07, 6.45) is 5.40. The van der Waals surface area contributed by atoms with Crippen LogP contribution >= 0.6 is 0 Å². The zero-order valence-corrected chi connectivity index (χ0v) is 21.5. The number of halogens is 1. The molecule has 3 aromatic heterocycles. The van der Waals surface area contributed by atoms with Crippen LogP contribution in [0, 0.1) is 11.7 Å². The van der Waals surface area contributed by atoms with Crippen LogP contribution in [0.5, 0.6) is 0 Å². The van der Waals surface area contributed by atoms with E-state index in [1.165, 1.54) is 12.1 Å². The van der Waals surface area contributed by atoms with Gasteiger partial charge in [0, 0.05) is 34.8 Å². The lowest BCUT2D eigenvalue weighted by atomic mass is 10.0. The molecular weight excluding hydrogens is 499 g/mol. The van der Waals surface area contributed by atoms with Crippen LogP contribution in [-0.2, 0) is 4.79 Å². The van der Waals surface area contributed by atoms with E-state index >= 15 is 0 Å². The third-order valence-corrected chi connectivity index (χ3v) is 7.69. The number of benzene rings is 2. The van der Waals surface area contributed by atoms with Crippen LogP contribution in [0.15, 0.2) is 73.1 Å². The van der Waals surface area contributed by atoms with Gasteiger partial charge < -0.3 is 4.98 Å². The average molecular weight is 523 g/mol. The largest absolute Gasteiger partial charge is 0.378 e. The Balaban J connectivity index is 1.20. The van der Waals surface area contributed by atoms with E-state index in [1.54, 1.807) is 29.0 Å². The lowest BCUT2D eigenvalue weighted by Crippen LogP contribution is -2.30. The molecule has 3 heterocycles. The summed E-state index contributed by atoms with van der Waals surface area (Å²) in [6, 6.07) is 17.6. The summed E-state index contributed by atoms with van der Waals surface area (Å²) in [7, 11) is 0.107. The van der Waals surface area contributed by atoms with E-state index in [2.05, 4.69) is 25.4 Å². The number of carbonyl (C=O) groups excluding carboxylic acids is 2. The van der Waals surface area contributed by atoms with Crippen LogP contribution in [0.3, 0.4) is 0 Å². The van der Waals surface area contributed by atoms with E-state index in [0.717, 1.165) is 40.4 Å². The molecule has 38 heavy (non-hydrogen) atoms. The number of fused-ring (bicyclic) bond motifs is 2. The first-order valence-electron chi connectivity index (χ1n) is 12.3. The van der Waals surface area contributed by atoms with Gasteiger partial charge >= 0.3 is 0 Å². The molecule has 2 aromatic carbocycles. The number of hydrogen-bond donors (Lipinski definition) is 2. The maximum atomic E-state index is 13.5. The molecule has 6 rings (SSSR count). The molecule has 2 N–H and O–H groups in total. The lowest BCUT2D eigenvalue weighted by molar-refractivity contribution is -0.117. The van der Waals surface area contributed by atoms with Crippen molar-refractivity contribution in [3.8, 4) is 11.1 Å². The fourth-order valence-corrected chi connectivity index (χ4v) is 5.05. The van der Waals surface area contributed by atoms with Crippen LogP contribution in [0.25, 0.3) is 27.7 Å². The number of rotatable bonds is 7. The number of aromatic nitrogens is 4. The summed E-state index contributed by atoms with van der Waals surface area (Å²) in [5, 5.41) is 7.93. The van der Waals surface area contributed by atoms with E-state index in [9.17, 15) is 14.0 Å². The van der Waals surface area contributed by atoms with Gasteiger partial charge in [-0.3, -0.25) is 19.9 Å². The van der Waals surface area contributed by atoms with Crippen LogP contribution in [0.1, 0.15) is 41.2 Å². The fraction of sp³-hybridized carbons (Fsp3) is 0.179. The van der Waals surface area contributed by atoms with Crippen molar-refractivity contribution in [3.63, 3.8) is 0 Å². The highest BCUT2D eigenvalue weighted by molar-refractivity contribution is 6.40. The second-order valence-electron chi connectivity index (χ2n) is 9.42. The van der Waals surface area contributed by atoms with Crippen LogP contribution in [-0.4, -0.2) is 41.1 Å². The summed E-state index contributed by atoms with van der Waals surface area (Å²) in [6.45, 7) is 1.96. The van der Waals surface area contributed by atoms with E-state index in [4.69, 9.17) is 0 Å². The summed E-state index contributed by atoms with van der Waals surface area (Å²) in [5.74, 6) is -0.149. The number of hydrogen-bond acceptors (Lipinski definition) is 5. The minimum Gasteiger partial charge on any atom is -0.378 e. The molecule has 0 aliphatic heterocycles. The Morgan fingerprint density at radius 2 is 1.95 bits per heavy atom. The van der Waals surface area contributed by atoms with Crippen molar-refractivity contribution in [1.82, 2.24) is 24.6 Å². The van der Waals surface area contributed by atoms with Crippen molar-refractivity contribution in [3.05, 3.63) is 90.0 Å². The minimum absolute atomic E-state index is 0.00186. The van der Waals surface area contributed by atoms with E-state index < -0.39 is 0 Å². The average Bonchev–Trinajstić information content (AvgIpc) is 3.71. The molecule has 1 aliphatic rings. The molecule has 1 saturated carbocycles. The number of pyridine rings is 2. The Morgan fingerprint density at radius 1 is 1.08 bits per heavy atom. The molecule has 8 nitrogen and oxygen atoms in total. The van der Waals surface area contributed by atoms with Gasteiger partial charge in [-0.15, -0.1) is 5.10 Å². The summed E-state index contributed by atoms with van der Waals surface area (Å²) in [4.78, 5) is 36.9. The maximum Gasteiger partial charge on any atom is 0.249 e. The van der Waals surface area contributed by atoms with E-state index in [0.29, 0.717) is 17.2 Å². The zero-order valence-electron chi connectivity index (χ0n) is 20.5. The Morgan fingerprint density at radius 3 is 2.76 bits per heavy atom. The fourth-order valence-electron chi connectivity index (χ4n) is 4.21. The maximum absolute atomic E-state index is 13.5. The van der Waals surface area contributed by atoms with Gasteiger partial charge in [-0.2, -0.15) is 4.98 Å². The smallest absolute Gasteiger partial charge is 0.249 e. The number of carbonyl (C=O) groups is 2. The van der Waals surface area contributed by atoms with Gasteiger partial charge in [0.05, 0.1) is 5.52 Å². The summed E-state index contributed by atoms with van der Waals surface area (Å²) in [5.41, 5.74) is 4.51. The second kappa shape index (κ2) is 9.79. The van der Waals surface area contributed by atoms with Gasteiger partial charge in [0.2, 0.25) is 17.8 Å². The molecular formula is C28H23FN6O2Si. The van der Waals surface area contributed by atoms with Crippen molar-refractivity contribution in [2.75, 3.05) is 5.32 Å². The monoisotopic (exact) mass is 522 g/mol. The molecule has 5 aromatic rings. The minimum atomic E-state index is -0.285. The molecule has 1 atom stereocenters. The van der Waals surface area contributed by atoms with Crippen molar-refractivity contribution in [2.45, 2.75) is 25.3 Å². The number of nitrogens with one attached hydrogen (secondary N) is 2.